The summed E-state index contributed by atoms with van der Waals surface area (Å²) in [4.78, 5) is 0. The lowest BCUT2D eigenvalue weighted by atomic mass is 9.78. The van der Waals surface area contributed by atoms with Gasteiger partial charge < -0.3 is 10.0 Å². The Morgan fingerprint density at radius 1 is 1.58 bits per heavy atom. The molecule has 2 N–H and O–H groups in total. The second-order valence-corrected chi connectivity index (χ2v) is 2.43. The van der Waals surface area contributed by atoms with E-state index in [2.05, 4.69) is 0 Å². The van der Waals surface area contributed by atoms with Crippen LogP contribution in [0.3, 0.4) is 0 Å². The topological polar surface area (TPSA) is 64.2 Å². The molecule has 0 spiro atoms. The van der Waals surface area contributed by atoms with Crippen LogP contribution in [0.1, 0.15) is 20.3 Å². The Balaban J connectivity index is 4.58. The van der Waals surface area contributed by atoms with Crippen molar-refractivity contribution < 1.29 is 10.0 Å². The van der Waals surface area contributed by atoms with Gasteiger partial charge in [-0.05, 0) is 24.9 Å². The van der Waals surface area contributed by atoms with Gasteiger partial charge in [0.1, 0.15) is 0 Å². The zero-order chi connectivity index (χ0) is 9.56. The average Bonchev–Trinajstić information content (AvgIpc) is 2.03. The van der Waals surface area contributed by atoms with Crippen LogP contribution < -0.4 is 0 Å². The van der Waals surface area contributed by atoms with Crippen LogP contribution in [0.2, 0.25) is 0 Å². The molecule has 64 valence electrons. The minimum absolute atomic E-state index is 0.372. The molecule has 0 aliphatic rings. The maximum atomic E-state index is 8.82. The number of nitriles is 1. The fourth-order valence-electron chi connectivity index (χ4n) is 0.757. The van der Waals surface area contributed by atoms with Crippen molar-refractivity contribution in [1.29, 1.82) is 5.26 Å². The van der Waals surface area contributed by atoms with Crippen LogP contribution in [0, 0.1) is 11.3 Å². The molecule has 0 unspecified atom stereocenters. The van der Waals surface area contributed by atoms with Crippen LogP contribution in [0.25, 0.3) is 0 Å². The summed E-state index contributed by atoms with van der Waals surface area (Å²) in [5.41, 5.74) is 0.833. The first kappa shape index (κ1) is 11.0. The molecule has 0 aromatic carbocycles. The molecular weight excluding hydrogens is 153 g/mol. The molecule has 0 fully saturated rings. The lowest BCUT2D eigenvalue weighted by molar-refractivity contribution is 0.420. The van der Waals surface area contributed by atoms with Gasteiger partial charge in [-0.25, -0.2) is 0 Å². The van der Waals surface area contributed by atoms with Gasteiger partial charge in [0.05, 0.1) is 6.07 Å². The lowest BCUT2D eigenvalue weighted by Gasteiger charge is -1.98. The Morgan fingerprint density at radius 2 is 2.17 bits per heavy atom. The number of hydrogen-bond donors (Lipinski definition) is 2. The third kappa shape index (κ3) is 3.96. The van der Waals surface area contributed by atoms with Crippen LogP contribution in [0.4, 0.5) is 0 Å². The number of allylic oxidation sites excluding steroid dienone is 4. The van der Waals surface area contributed by atoms with E-state index < -0.39 is 7.12 Å². The van der Waals surface area contributed by atoms with Gasteiger partial charge in [-0.2, -0.15) is 5.26 Å². The average molecular weight is 165 g/mol. The maximum absolute atomic E-state index is 8.82. The van der Waals surface area contributed by atoms with E-state index in [1.54, 1.807) is 13.0 Å². The first-order chi connectivity index (χ1) is 5.61. The molecule has 0 amide bonds. The molecule has 0 saturated carbocycles. The summed E-state index contributed by atoms with van der Waals surface area (Å²) < 4.78 is 0. The third-order valence-electron chi connectivity index (χ3n) is 1.30. The van der Waals surface area contributed by atoms with Crippen LogP contribution in [0.5, 0.6) is 0 Å². The van der Waals surface area contributed by atoms with Crippen molar-refractivity contribution in [3.63, 3.8) is 0 Å². The van der Waals surface area contributed by atoms with Gasteiger partial charge in [-0.15, -0.1) is 0 Å². The van der Waals surface area contributed by atoms with Crippen molar-refractivity contribution >= 4 is 7.12 Å². The van der Waals surface area contributed by atoms with E-state index in [-0.39, 0.29) is 0 Å². The first-order valence-corrected chi connectivity index (χ1v) is 3.76. The normalized spacial score (nSPS) is 12.6. The predicted molar refractivity (Wildman–Crippen MR) is 47.9 cm³/mol. The molecule has 0 aliphatic carbocycles. The zero-order valence-corrected chi connectivity index (χ0v) is 7.28. The first-order valence-electron chi connectivity index (χ1n) is 3.76. The molecular formula is C8H12BNO2. The lowest BCUT2D eigenvalue weighted by Crippen LogP contribution is -2.14. The maximum Gasteiger partial charge on any atom is 0.488 e. The molecule has 3 nitrogen and oxygen atoms in total. The molecule has 0 aliphatic heterocycles. The van der Waals surface area contributed by atoms with Crippen molar-refractivity contribution in [2.24, 2.45) is 0 Å². The van der Waals surface area contributed by atoms with E-state index in [1.807, 2.05) is 13.0 Å². The highest BCUT2D eigenvalue weighted by atomic mass is 16.4. The van der Waals surface area contributed by atoms with Gasteiger partial charge in [0.25, 0.3) is 0 Å². The van der Waals surface area contributed by atoms with Gasteiger partial charge in [-0.1, -0.05) is 13.0 Å². The van der Waals surface area contributed by atoms with Crippen molar-refractivity contribution in [2.45, 2.75) is 20.3 Å². The predicted octanol–water partition coefficient (Wildman–Crippen LogP) is 0.805. The summed E-state index contributed by atoms with van der Waals surface area (Å²) in [6.45, 7) is 3.50. The van der Waals surface area contributed by atoms with E-state index in [0.29, 0.717) is 17.5 Å². The SMILES string of the molecule is CC/C=C(\C=C(/C)C#N)B(O)O. The molecule has 12 heavy (non-hydrogen) atoms. The summed E-state index contributed by atoms with van der Waals surface area (Å²) in [6.07, 6.45) is 3.85. The van der Waals surface area contributed by atoms with Crippen LogP contribution in [-0.2, 0) is 0 Å². The molecule has 0 radical (unpaired) electrons. The fourth-order valence-corrected chi connectivity index (χ4v) is 0.757. The molecule has 0 bridgehead atoms. The Bertz CT molecular complexity index is 238. The number of hydrogen-bond acceptors (Lipinski definition) is 3. The molecule has 0 saturated heterocycles. The molecule has 0 atom stereocenters. The van der Waals surface area contributed by atoms with Gasteiger partial charge in [0.15, 0.2) is 0 Å². The van der Waals surface area contributed by atoms with Crippen LogP contribution >= 0.6 is 0 Å². The molecule has 0 heterocycles. The summed E-state index contributed by atoms with van der Waals surface area (Å²) >= 11 is 0. The molecule has 0 aromatic heterocycles. The highest BCUT2D eigenvalue weighted by Gasteiger charge is 2.11. The van der Waals surface area contributed by atoms with Crippen molar-refractivity contribution in [2.75, 3.05) is 0 Å². The smallest absolute Gasteiger partial charge is 0.423 e. The van der Waals surface area contributed by atoms with E-state index in [9.17, 15) is 0 Å². The summed E-state index contributed by atoms with van der Waals surface area (Å²) in [5.74, 6) is 0. The van der Waals surface area contributed by atoms with Gasteiger partial charge in [0.2, 0.25) is 0 Å². The quantitative estimate of drug-likeness (QED) is 0.369. The second-order valence-electron chi connectivity index (χ2n) is 2.43. The summed E-state index contributed by atoms with van der Waals surface area (Å²) in [5, 5.41) is 26.1. The van der Waals surface area contributed by atoms with Crippen molar-refractivity contribution in [1.82, 2.24) is 0 Å². The highest BCUT2D eigenvalue weighted by Crippen LogP contribution is 2.04. The van der Waals surface area contributed by atoms with Gasteiger partial charge >= 0.3 is 7.12 Å². The Kier molecular flexibility index (Phi) is 5.10. The summed E-state index contributed by atoms with van der Waals surface area (Å²) in [6, 6.07) is 1.91. The van der Waals surface area contributed by atoms with Crippen molar-refractivity contribution in [3.05, 3.63) is 23.2 Å². The fraction of sp³-hybridized carbons (Fsp3) is 0.375. The molecule has 0 rings (SSSR count). The van der Waals surface area contributed by atoms with E-state index in [4.69, 9.17) is 15.3 Å². The minimum atomic E-state index is -1.49. The largest absolute Gasteiger partial charge is 0.488 e. The third-order valence-corrected chi connectivity index (χ3v) is 1.30. The number of rotatable bonds is 3. The van der Waals surface area contributed by atoms with E-state index in [1.165, 1.54) is 6.08 Å². The van der Waals surface area contributed by atoms with Crippen molar-refractivity contribution in [3.8, 4) is 6.07 Å². The zero-order valence-electron chi connectivity index (χ0n) is 7.28. The summed E-state index contributed by atoms with van der Waals surface area (Å²) in [7, 11) is -1.49. The Morgan fingerprint density at radius 3 is 2.50 bits per heavy atom. The Labute approximate surface area is 72.8 Å². The van der Waals surface area contributed by atoms with E-state index in [0.717, 1.165) is 0 Å². The van der Waals surface area contributed by atoms with Crippen LogP contribution in [0.15, 0.2) is 23.2 Å². The van der Waals surface area contributed by atoms with E-state index >= 15 is 0 Å². The monoisotopic (exact) mass is 165 g/mol. The van der Waals surface area contributed by atoms with Gasteiger partial charge in [-0.3, -0.25) is 0 Å². The standard InChI is InChI=1S/C8H12BNO2/c1-3-4-8(9(11)12)5-7(2)6-10/h4-5,11-12H,3H2,1-2H3/b7-5+,8-4+. The molecule has 0 aromatic rings. The second kappa shape index (κ2) is 5.59. The van der Waals surface area contributed by atoms with Gasteiger partial charge in [0, 0.05) is 5.57 Å². The molecule has 4 heteroatoms. The Hall–Kier alpha value is -1.05. The van der Waals surface area contributed by atoms with Crippen LogP contribution in [-0.4, -0.2) is 17.2 Å². The minimum Gasteiger partial charge on any atom is -0.423 e. The highest BCUT2D eigenvalue weighted by molar-refractivity contribution is 6.51. The number of nitrogens with zero attached hydrogens (tertiary/aromatic N) is 1.